The van der Waals surface area contributed by atoms with E-state index in [1.165, 1.54) is 6.33 Å². The van der Waals surface area contributed by atoms with Crippen LogP contribution in [0.15, 0.2) is 49.4 Å². The van der Waals surface area contributed by atoms with Crippen LogP contribution in [-0.4, -0.2) is 43.0 Å². The molecule has 0 amide bonds. The molecule has 0 spiro atoms. The summed E-state index contributed by atoms with van der Waals surface area (Å²) in [5.41, 5.74) is 1.79. The molecular weight excluding hydrogens is 316 g/mol. The Kier molecular flexibility index (Phi) is 4.40. The van der Waals surface area contributed by atoms with Crippen molar-refractivity contribution in [2.45, 2.75) is 18.8 Å². The fourth-order valence-electron chi connectivity index (χ4n) is 3.01. The lowest BCUT2D eigenvalue weighted by atomic mass is 9.95. The molecule has 1 aliphatic rings. The fourth-order valence-corrected chi connectivity index (χ4v) is 3.01. The number of hydrogen-bond acceptors (Lipinski definition) is 8. The molecule has 1 atom stereocenters. The average Bonchev–Trinajstić information content (AvgIpc) is 2.70. The van der Waals surface area contributed by atoms with E-state index in [4.69, 9.17) is 0 Å². The second-order valence-electron chi connectivity index (χ2n) is 5.89. The van der Waals surface area contributed by atoms with Gasteiger partial charge in [-0.05, 0) is 25.0 Å². The van der Waals surface area contributed by atoms with Crippen LogP contribution < -0.4 is 10.2 Å². The highest BCUT2D eigenvalue weighted by molar-refractivity contribution is 5.49. The molecule has 0 aliphatic carbocycles. The van der Waals surface area contributed by atoms with Crippen molar-refractivity contribution in [3.8, 4) is 0 Å². The third kappa shape index (κ3) is 3.68. The molecule has 4 heterocycles. The van der Waals surface area contributed by atoms with Gasteiger partial charge >= 0.3 is 0 Å². The monoisotopic (exact) mass is 334 g/mol. The van der Waals surface area contributed by atoms with Crippen LogP contribution in [0.25, 0.3) is 0 Å². The highest BCUT2D eigenvalue weighted by Gasteiger charge is 2.24. The Hall–Kier alpha value is -3.16. The summed E-state index contributed by atoms with van der Waals surface area (Å²) in [6.45, 7) is 1.83. The molecule has 0 bridgehead atoms. The summed E-state index contributed by atoms with van der Waals surface area (Å²) in [5.74, 6) is 1.66. The number of nitrogens with zero attached hydrogens (tertiary/aromatic N) is 7. The van der Waals surface area contributed by atoms with Gasteiger partial charge < -0.3 is 10.2 Å². The molecule has 8 heteroatoms. The normalized spacial score (nSPS) is 17.3. The smallest absolute Gasteiger partial charge is 0.227 e. The predicted octanol–water partition coefficient (Wildman–Crippen LogP) is 2.18. The van der Waals surface area contributed by atoms with Gasteiger partial charge in [-0.1, -0.05) is 0 Å². The van der Waals surface area contributed by atoms with Gasteiger partial charge in [-0.25, -0.2) is 29.9 Å². The topological polar surface area (TPSA) is 92.6 Å². The first-order chi connectivity index (χ1) is 12.4. The zero-order chi connectivity index (χ0) is 16.9. The average molecular weight is 334 g/mol. The maximum absolute atomic E-state index is 4.67. The number of hydrogen-bond donors (Lipinski definition) is 1. The molecule has 0 unspecified atom stereocenters. The molecule has 1 N–H and O–H groups in total. The molecule has 3 aromatic rings. The van der Waals surface area contributed by atoms with Gasteiger partial charge in [-0.15, -0.1) is 0 Å². The van der Waals surface area contributed by atoms with Gasteiger partial charge in [0.2, 0.25) is 11.9 Å². The van der Waals surface area contributed by atoms with Crippen molar-refractivity contribution in [3.63, 3.8) is 0 Å². The van der Waals surface area contributed by atoms with Crippen molar-refractivity contribution in [1.29, 1.82) is 0 Å². The van der Waals surface area contributed by atoms with E-state index in [9.17, 15) is 0 Å². The van der Waals surface area contributed by atoms with Crippen molar-refractivity contribution < 1.29 is 0 Å². The SMILES string of the molecule is c1cnc(N2CCC[C@@H](c3ccnc(Nc4cncnc4)n3)C2)nc1. The Morgan fingerprint density at radius 1 is 1.04 bits per heavy atom. The third-order valence-electron chi connectivity index (χ3n) is 4.17. The molecule has 3 aromatic heterocycles. The van der Waals surface area contributed by atoms with Crippen molar-refractivity contribution in [2.75, 3.05) is 23.3 Å². The maximum Gasteiger partial charge on any atom is 0.227 e. The van der Waals surface area contributed by atoms with Crippen LogP contribution in [0.2, 0.25) is 0 Å². The standard InChI is InChI=1S/C17H18N8/c1-3-13(11-25(8-1)17-21-5-2-6-22-17)15-4-7-20-16(24-15)23-14-9-18-12-19-10-14/h2,4-7,9-10,12-13H,1,3,8,11H2,(H,20,23,24)/t13-/m1/s1. The van der Waals surface area contributed by atoms with Crippen LogP contribution in [0.4, 0.5) is 17.6 Å². The van der Waals surface area contributed by atoms with Crippen LogP contribution in [-0.2, 0) is 0 Å². The fraction of sp³-hybridized carbons (Fsp3) is 0.294. The summed E-state index contributed by atoms with van der Waals surface area (Å²) in [7, 11) is 0. The zero-order valence-corrected chi connectivity index (χ0v) is 13.7. The van der Waals surface area contributed by atoms with E-state index >= 15 is 0 Å². The van der Waals surface area contributed by atoms with Gasteiger partial charge in [0.15, 0.2) is 0 Å². The van der Waals surface area contributed by atoms with Crippen molar-refractivity contribution in [2.24, 2.45) is 0 Å². The summed E-state index contributed by atoms with van der Waals surface area (Å²) in [5, 5.41) is 3.14. The van der Waals surface area contributed by atoms with Crippen LogP contribution in [0.1, 0.15) is 24.5 Å². The van der Waals surface area contributed by atoms with Crippen LogP contribution in [0, 0.1) is 0 Å². The molecule has 1 saturated heterocycles. The van der Waals surface area contributed by atoms with Gasteiger partial charge in [0.05, 0.1) is 23.8 Å². The highest BCUT2D eigenvalue weighted by atomic mass is 15.3. The van der Waals surface area contributed by atoms with Gasteiger partial charge in [-0.3, -0.25) is 0 Å². The Balaban J connectivity index is 1.50. The number of rotatable bonds is 4. The molecule has 8 nitrogen and oxygen atoms in total. The van der Waals surface area contributed by atoms with Crippen molar-refractivity contribution >= 4 is 17.6 Å². The summed E-state index contributed by atoms with van der Waals surface area (Å²) in [4.78, 5) is 27.9. The van der Waals surface area contributed by atoms with E-state index in [2.05, 4.69) is 40.1 Å². The number of anilines is 3. The minimum absolute atomic E-state index is 0.327. The summed E-state index contributed by atoms with van der Waals surface area (Å²) in [6, 6.07) is 3.81. The van der Waals surface area contributed by atoms with E-state index in [0.29, 0.717) is 11.9 Å². The molecule has 0 radical (unpaired) electrons. The number of piperidine rings is 1. The molecule has 126 valence electrons. The molecule has 0 saturated carbocycles. The Morgan fingerprint density at radius 3 is 2.72 bits per heavy atom. The second-order valence-corrected chi connectivity index (χ2v) is 5.89. The summed E-state index contributed by atoms with van der Waals surface area (Å²) < 4.78 is 0. The first-order valence-corrected chi connectivity index (χ1v) is 8.25. The molecule has 1 fully saturated rings. The van der Waals surface area contributed by atoms with Gasteiger partial charge in [0.1, 0.15) is 6.33 Å². The minimum atomic E-state index is 0.327. The van der Waals surface area contributed by atoms with E-state index in [0.717, 1.165) is 43.3 Å². The molecule has 25 heavy (non-hydrogen) atoms. The highest BCUT2D eigenvalue weighted by Crippen LogP contribution is 2.27. The predicted molar refractivity (Wildman–Crippen MR) is 93.6 cm³/mol. The van der Waals surface area contributed by atoms with Crippen LogP contribution in [0.5, 0.6) is 0 Å². The van der Waals surface area contributed by atoms with E-state index in [1.807, 2.05) is 12.1 Å². The minimum Gasteiger partial charge on any atom is -0.340 e. The van der Waals surface area contributed by atoms with Gasteiger partial charge in [-0.2, -0.15) is 0 Å². The van der Waals surface area contributed by atoms with Crippen molar-refractivity contribution in [3.05, 3.63) is 55.1 Å². The first-order valence-electron chi connectivity index (χ1n) is 8.25. The van der Waals surface area contributed by atoms with Gasteiger partial charge in [0.25, 0.3) is 0 Å². The van der Waals surface area contributed by atoms with Crippen molar-refractivity contribution in [1.82, 2.24) is 29.9 Å². The third-order valence-corrected chi connectivity index (χ3v) is 4.17. The van der Waals surface area contributed by atoms with Crippen LogP contribution >= 0.6 is 0 Å². The number of nitrogens with one attached hydrogen (secondary N) is 1. The lowest BCUT2D eigenvalue weighted by Gasteiger charge is -2.32. The number of aromatic nitrogens is 6. The lowest BCUT2D eigenvalue weighted by Crippen LogP contribution is -2.35. The Bertz CT molecular complexity index is 811. The molecule has 1 aliphatic heterocycles. The van der Waals surface area contributed by atoms with E-state index in [-0.39, 0.29) is 0 Å². The first kappa shape index (κ1) is 15.4. The lowest BCUT2D eigenvalue weighted by molar-refractivity contribution is 0.495. The summed E-state index contributed by atoms with van der Waals surface area (Å²) in [6.07, 6.45) is 12.4. The molecular formula is C17H18N8. The second kappa shape index (κ2) is 7.16. The molecule has 0 aromatic carbocycles. The maximum atomic E-state index is 4.67. The Labute approximate surface area is 145 Å². The van der Waals surface area contributed by atoms with E-state index in [1.54, 1.807) is 31.0 Å². The summed E-state index contributed by atoms with van der Waals surface area (Å²) >= 11 is 0. The Morgan fingerprint density at radius 2 is 1.88 bits per heavy atom. The zero-order valence-electron chi connectivity index (χ0n) is 13.7. The largest absolute Gasteiger partial charge is 0.340 e. The quantitative estimate of drug-likeness (QED) is 0.776. The van der Waals surface area contributed by atoms with Gasteiger partial charge in [0, 0.05) is 37.6 Å². The van der Waals surface area contributed by atoms with Crippen LogP contribution in [0.3, 0.4) is 0 Å². The van der Waals surface area contributed by atoms with E-state index < -0.39 is 0 Å². The molecule has 4 rings (SSSR count).